The lowest BCUT2D eigenvalue weighted by Gasteiger charge is -2.22. The van der Waals surface area contributed by atoms with Gasteiger partial charge in [-0.1, -0.05) is 6.92 Å². The Balaban J connectivity index is 2.22. The van der Waals surface area contributed by atoms with Gasteiger partial charge in [-0.2, -0.15) is 4.31 Å². The number of nitrogens with two attached hydrogens (primary N) is 1. The lowest BCUT2D eigenvalue weighted by atomic mass is 10.1. The van der Waals surface area contributed by atoms with E-state index in [1.54, 1.807) is 15.8 Å². The Hall–Kier alpha value is -0.470. The van der Waals surface area contributed by atoms with E-state index in [2.05, 4.69) is 11.8 Å². The number of sulfonamides is 1. The number of likely N-dealkylation sites (N-methyl/N-ethyl adjacent to an activating group) is 1. The standard InChI is InChI=1S/C12H21N3O2S2/c1-9-6-15(7-12(9)14(2)3)19(16,17)11-4-10(5-13)18-8-11/h4,8-9,12H,5-7,13H2,1-3H3. The van der Waals surface area contributed by atoms with Gasteiger partial charge in [0.1, 0.15) is 0 Å². The molecular formula is C12H21N3O2S2. The molecule has 2 heterocycles. The first kappa shape index (κ1) is 14.9. The predicted octanol–water partition coefficient (Wildman–Crippen LogP) is 0.777. The van der Waals surface area contributed by atoms with Gasteiger partial charge in [0.05, 0.1) is 4.90 Å². The van der Waals surface area contributed by atoms with Crippen LogP contribution < -0.4 is 5.73 Å². The van der Waals surface area contributed by atoms with E-state index in [4.69, 9.17) is 5.73 Å². The monoisotopic (exact) mass is 303 g/mol. The highest BCUT2D eigenvalue weighted by atomic mass is 32.2. The Morgan fingerprint density at radius 2 is 2.16 bits per heavy atom. The summed E-state index contributed by atoms with van der Waals surface area (Å²) < 4.78 is 26.7. The Kier molecular flexibility index (Phi) is 4.32. The van der Waals surface area contributed by atoms with Gasteiger partial charge in [-0.25, -0.2) is 8.42 Å². The Labute approximate surface area is 119 Å². The highest BCUT2D eigenvalue weighted by molar-refractivity contribution is 7.89. The van der Waals surface area contributed by atoms with Crippen molar-refractivity contribution in [3.05, 3.63) is 16.3 Å². The van der Waals surface area contributed by atoms with E-state index in [9.17, 15) is 8.42 Å². The summed E-state index contributed by atoms with van der Waals surface area (Å²) in [5.74, 6) is 0.345. The molecule has 2 atom stereocenters. The van der Waals surface area contributed by atoms with Crippen LogP contribution in [0.3, 0.4) is 0 Å². The van der Waals surface area contributed by atoms with E-state index in [0.717, 1.165) is 4.88 Å². The molecule has 108 valence electrons. The van der Waals surface area contributed by atoms with Gasteiger partial charge in [0, 0.05) is 35.9 Å². The van der Waals surface area contributed by atoms with Crippen molar-refractivity contribution in [3.63, 3.8) is 0 Å². The fraction of sp³-hybridized carbons (Fsp3) is 0.667. The molecule has 1 aliphatic rings. The molecule has 0 aliphatic carbocycles. The normalized spacial score (nSPS) is 25.3. The summed E-state index contributed by atoms with van der Waals surface area (Å²) in [6.07, 6.45) is 0. The van der Waals surface area contributed by atoms with E-state index >= 15 is 0 Å². The van der Waals surface area contributed by atoms with Crippen LogP contribution in [-0.4, -0.2) is 50.8 Å². The van der Waals surface area contributed by atoms with Gasteiger partial charge in [0.15, 0.2) is 0 Å². The lowest BCUT2D eigenvalue weighted by Crippen LogP contribution is -2.35. The summed E-state index contributed by atoms with van der Waals surface area (Å²) >= 11 is 1.40. The molecule has 1 aromatic rings. The van der Waals surface area contributed by atoms with Crippen LogP contribution in [-0.2, 0) is 16.6 Å². The Morgan fingerprint density at radius 1 is 1.47 bits per heavy atom. The van der Waals surface area contributed by atoms with Gasteiger partial charge >= 0.3 is 0 Å². The zero-order valence-electron chi connectivity index (χ0n) is 11.5. The minimum Gasteiger partial charge on any atom is -0.326 e. The quantitative estimate of drug-likeness (QED) is 0.892. The van der Waals surface area contributed by atoms with Crippen molar-refractivity contribution in [3.8, 4) is 0 Å². The van der Waals surface area contributed by atoms with Gasteiger partial charge < -0.3 is 10.6 Å². The first-order valence-electron chi connectivity index (χ1n) is 6.30. The molecule has 19 heavy (non-hydrogen) atoms. The van der Waals surface area contributed by atoms with E-state index in [-0.39, 0.29) is 6.04 Å². The number of hydrogen-bond donors (Lipinski definition) is 1. The smallest absolute Gasteiger partial charge is 0.243 e. The maximum absolute atomic E-state index is 12.6. The molecule has 2 N–H and O–H groups in total. The molecule has 0 saturated carbocycles. The third kappa shape index (κ3) is 2.85. The van der Waals surface area contributed by atoms with Crippen molar-refractivity contribution in [2.45, 2.75) is 24.4 Å². The van der Waals surface area contributed by atoms with Gasteiger partial charge in [0.25, 0.3) is 0 Å². The van der Waals surface area contributed by atoms with Crippen LogP contribution in [0.1, 0.15) is 11.8 Å². The highest BCUT2D eigenvalue weighted by Crippen LogP contribution is 2.28. The second-order valence-corrected chi connectivity index (χ2v) is 8.22. The van der Waals surface area contributed by atoms with Gasteiger partial charge in [-0.3, -0.25) is 0 Å². The molecule has 1 fully saturated rings. The molecule has 1 aliphatic heterocycles. The lowest BCUT2D eigenvalue weighted by molar-refractivity contribution is 0.263. The van der Waals surface area contributed by atoms with E-state index in [0.29, 0.717) is 30.4 Å². The van der Waals surface area contributed by atoms with E-state index in [1.807, 2.05) is 14.1 Å². The van der Waals surface area contributed by atoms with Crippen molar-refractivity contribution in [2.24, 2.45) is 11.7 Å². The number of thiophene rings is 1. The zero-order valence-corrected chi connectivity index (χ0v) is 13.2. The summed E-state index contributed by atoms with van der Waals surface area (Å²) in [5, 5.41) is 1.69. The molecular weight excluding hydrogens is 282 g/mol. The molecule has 1 aromatic heterocycles. The van der Waals surface area contributed by atoms with Crippen molar-refractivity contribution in [2.75, 3.05) is 27.2 Å². The molecule has 0 radical (unpaired) electrons. The largest absolute Gasteiger partial charge is 0.326 e. The third-order valence-corrected chi connectivity index (χ3v) is 6.59. The maximum Gasteiger partial charge on any atom is 0.243 e. The maximum atomic E-state index is 12.6. The van der Waals surface area contributed by atoms with E-state index in [1.165, 1.54) is 11.3 Å². The fourth-order valence-electron chi connectivity index (χ4n) is 2.53. The average molecular weight is 303 g/mol. The summed E-state index contributed by atoms with van der Waals surface area (Å²) in [6, 6.07) is 1.97. The molecule has 2 unspecified atom stereocenters. The molecule has 7 heteroatoms. The molecule has 5 nitrogen and oxygen atoms in total. The average Bonchev–Trinajstić information content (AvgIpc) is 2.95. The Bertz CT molecular complexity index is 539. The second-order valence-electron chi connectivity index (χ2n) is 5.28. The van der Waals surface area contributed by atoms with Crippen LogP contribution >= 0.6 is 11.3 Å². The third-order valence-electron chi connectivity index (χ3n) is 3.67. The van der Waals surface area contributed by atoms with Crippen LogP contribution in [0.15, 0.2) is 16.3 Å². The van der Waals surface area contributed by atoms with Crippen molar-refractivity contribution in [1.29, 1.82) is 0 Å². The van der Waals surface area contributed by atoms with Crippen molar-refractivity contribution in [1.82, 2.24) is 9.21 Å². The van der Waals surface area contributed by atoms with E-state index < -0.39 is 10.0 Å². The molecule has 2 rings (SSSR count). The van der Waals surface area contributed by atoms with Crippen molar-refractivity contribution >= 4 is 21.4 Å². The molecule has 0 aromatic carbocycles. The highest BCUT2D eigenvalue weighted by Gasteiger charge is 2.38. The van der Waals surface area contributed by atoms with Gasteiger partial charge in [-0.05, 0) is 26.1 Å². The van der Waals surface area contributed by atoms with Crippen LogP contribution in [0.5, 0.6) is 0 Å². The fourth-order valence-corrected chi connectivity index (χ4v) is 5.23. The summed E-state index contributed by atoms with van der Waals surface area (Å²) in [7, 11) is 0.623. The van der Waals surface area contributed by atoms with Gasteiger partial charge in [0.2, 0.25) is 10.0 Å². The second kappa shape index (κ2) is 5.49. The summed E-state index contributed by atoms with van der Waals surface area (Å²) in [4.78, 5) is 3.37. The first-order valence-corrected chi connectivity index (χ1v) is 8.62. The SMILES string of the molecule is CC1CN(S(=O)(=O)c2csc(CN)c2)CC1N(C)C. The molecule has 1 saturated heterocycles. The zero-order chi connectivity index (χ0) is 14.2. The number of hydrogen-bond acceptors (Lipinski definition) is 5. The topological polar surface area (TPSA) is 66.6 Å². The van der Waals surface area contributed by atoms with Crippen molar-refractivity contribution < 1.29 is 8.42 Å². The van der Waals surface area contributed by atoms with Crippen LogP contribution in [0.2, 0.25) is 0 Å². The summed E-state index contributed by atoms with van der Waals surface area (Å²) in [5.41, 5.74) is 5.54. The van der Waals surface area contributed by atoms with Gasteiger partial charge in [-0.15, -0.1) is 11.3 Å². The number of nitrogens with zero attached hydrogens (tertiary/aromatic N) is 2. The van der Waals surface area contributed by atoms with Crippen LogP contribution in [0.25, 0.3) is 0 Å². The molecule has 0 amide bonds. The molecule has 0 spiro atoms. The number of rotatable bonds is 4. The minimum atomic E-state index is -3.37. The first-order chi connectivity index (χ1) is 8.86. The summed E-state index contributed by atoms with van der Waals surface area (Å²) in [6.45, 7) is 3.62. The van der Waals surface area contributed by atoms with Crippen LogP contribution in [0.4, 0.5) is 0 Å². The van der Waals surface area contributed by atoms with Crippen LogP contribution in [0, 0.1) is 5.92 Å². The molecule has 0 bridgehead atoms. The Morgan fingerprint density at radius 3 is 2.63 bits per heavy atom. The minimum absolute atomic E-state index is 0.280. The predicted molar refractivity (Wildman–Crippen MR) is 77.6 cm³/mol.